The van der Waals surface area contributed by atoms with Crippen molar-refractivity contribution >= 4 is 18.4 Å². The number of hydrogen-bond acceptors (Lipinski definition) is 3. The Morgan fingerprint density at radius 3 is 1.76 bits per heavy atom. The predicted molar refractivity (Wildman–Crippen MR) is 94.7 cm³/mol. The lowest BCUT2D eigenvalue weighted by Crippen LogP contribution is -2.46. The van der Waals surface area contributed by atoms with Gasteiger partial charge in [-0.3, -0.25) is 0 Å². The molecule has 0 unspecified atom stereocenters. The fourth-order valence-electron chi connectivity index (χ4n) is 2.96. The van der Waals surface area contributed by atoms with Gasteiger partial charge in [-0.25, -0.2) is 8.42 Å². The van der Waals surface area contributed by atoms with Crippen molar-refractivity contribution in [3.63, 3.8) is 0 Å². The third-order valence-electron chi connectivity index (χ3n) is 4.51. The molecule has 128 valence electrons. The van der Waals surface area contributed by atoms with Crippen LogP contribution in [-0.2, 0) is 14.0 Å². The molecule has 0 aromatic heterocycles. The molecule has 0 atom stereocenters. The van der Waals surface area contributed by atoms with Gasteiger partial charge in [-0.2, -0.15) is 0 Å². The molecule has 0 aliphatic rings. The topological polar surface area (TPSA) is 43.4 Å². The highest BCUT2D eigenvalue weighted by atomic mass is 32.2. The number of hydrogen-bond donors (Lipinski definition) is 0. The van der Waals surface area contributed by atoms with Gasteiger partial charge in [0.1, 0.15) is 0 Å². The van der Waals surface area contributed by atoms with Gasteiger partial charge in [0, 0.05) is 0 Å². The van der Waals surface area contributed by atoms with E-state index in [1.807, 2.05) is 0 Å². The quantitative estimate of drug-likeness (QED) is 0.350. The van der Waals surface area contributed by atoms with Crippen molar-refractivity contribution in [2.45, 2.75) is 97.2 Å². The lowest BCUT2D eigenvalue weighted by Gasteiger charge is -2.37. The summed E-state index contributed by atoms with van der Waals surface area (Å²) in [5, 5.41) is 0. The largest absolute Gasteiger partial charge is 0.314 e. The lowest BCUT2D eigenvalue weighted by molar-refractivity contribution is 0.454. The fraction of sp³-hybridized carbons (Fsp3) is 1.00. The molecule has 3 nitrogen and oxygen atoms in total. The van der Waals surface area contributed by atoms with Crippen LogP contribution < -0.4 is 0 Å². The smallest absolute Gasteiger partial charge is 0.257 e. The van der Waals surface area contributed by atoms with Crippen LogP contribution in [0.5, 0.6) is 0 Å². The van der Waals surface area contributed by atoms with Crippen LogP contribution in [0.1, 0.15) is 80.1 Å². The third kappa shape index (κ3) is 7.29. The maximum Gasteiger partial charge on any atom is 0.257 e. The van der Waals surface area contributed by atoms with E-state index in [0.717, 1.165) is 12.5 Å². The highest BCUT2D eigenvalue weighted by molar-refractivity contribution is 7.87. The highest BCUT2D eigenvalue weighted by Crippen LogP contribution is 2.39. The molecule has 0 aliphatic heterocycles. The summed E-state index contributed by atoms with van der Waals surface area (Å²) in [7, 11) is -5.62. The van der Waals surface area contributed by atoms with Crippen LogP contribution in [0, 0.1) is 0 Å². The second kappa shape index (κ2) is 10.0. The fourth-order valence-corrected chi connectivity index (χ4v) is 10.5. The Labute approximate surface area is 134 Å². The van der Waals surface area contributed by atoms with Gasteiger partial charge in [0.15, 0.2) is 0 Å². The van der Waals surface area contributed by atoms with Gasteiger partial charge in [-0.05, 0) is 24.1 Å². The average molecular weight is 337 g/mol. The zero-order valence-electron chi connectivity index (χ0n) is 14.9. The molecule has 0 saturated carbocycles. The molecule has 0 spiro atoms. The Morgan fingerprint density at radius 1 is 0.857 bits per heavy atom. The number of unbranched alkanes of at least 4 members (excludes halogenated alkanes) is 5. The molecule has 0 rings (SSSR count). The maximum absolute atomic E-state index is 12.0. The van der Waals surface area contributed by atoms with Gasteiger partial charge >= 0.3 is 0 Å². The zero-order valence-corrected chi connectivity index (χ0v) is 16.8. The Balaban J connectivity index is 4.74. The molecular formula is C16H36O3SSi. The van der Waals surface area contributed by atoms with Crippen molar-refractivity contribution in [2.24, 2.45) is 0 Å². The van der Waals surface area contributed by atoms with Gasteiger partial charge in [-0.1, -0.05) is 73.1 Å². The molecule has 0 heterocycles. The van der Waals surface area contributed by atoms with Gasteiger partial charge in [0.25, 0.3) is 10.1 Å². The monoisotopic (exact) mass is 336 g/mol. The molecule has 0 saturated heterocycles. The molecule has 0 fully saturated rings. The van der Waals surface area contributed by atoms with Crippen LogP contribution in [0.25, 0.3) is 0 Å². The Kier molecular flexibility index (Phi) is 10.1. The van der Waals surface area contributed by atoms with Crippen molar-refractivity contribution < 1.29 is 12.3 Å². The molecule has 0 bridgehead atoms. The van der Waals surface area contributed by atoms with Crippen molar-refractivity contribution in [3.8, 4) is 0 Å². The first kappa shape index (κ1) is 21.1. The average Bonchev–Trinajstić information content (AvgIpc) is 2.40. The Bertz CT molecular complexity index is 356. The maximum atomic E-state index is 12.0. The van der Waals surface area contributed by atoms with Gasteiger partial charge in [0.05, 0.1) is 5.75 Å². The molecule has 0 aromatic carbocycles. The molecule has 0 aliphatic carbocycles. The summed E-state index contributed by atoms with van der Waals surface area (Å²) >= 11 is 0. The van der Waals surface area contributed by atoms with E-state index >= 15 is 0 Å². The highest BCUT2D eigenvalue weighted by Gasteiger charge is 2.45. The zero-order chi connectivity index (χ0) is 16.5. The summed E-state index contributed by atoms with van der Waals surface area (Å²) in [4.78, 5) is 0. The van der Waals surface area contributed by atoms with E-state index in [-0.39, 0.29) is 5.75 Å². The molecule has 0 aromatic rings. The van der Waals surface area contributed by atoms with Crippen LogP contribution >= 0.6 is 0 Å². The van der Waals surface area contributed by atoms with Crippen LogP contribution in [0.15, 0.2) is 0 Å². The SMILES string of the molecule is CCCCCCCC[Si](OS(=O)(=O)CC)(C(C)C)C(C)C. The summed E-state index contributed by atoms with van der Waals surface area (Å²) in [5.41, 5.74) is 0.656. The van der Waals surface area contributed by atoms with Gasteiger partial charge < -0.3 is 3.87 Å². The third-order valence-corrected chi connectivity index (χ3v) is 12.5. The lowest BCUT2D eigenvalue weighted by atomic mass is 10.1. The van der Waals surface area contributed by atoms with Gasteiger partial charge in [-0.15, -0.1) is 0 Å². The van der Waals surface area contributed by atoms with Crippen LogP contribution in [0.2, 0.25) is 17.1 Å². The van der Waals surface area contributed by atoms with E-state index < -0.39 is 18.4 Å². The minimum Gasteiger partial charge on any atom is -0.314 e. The summed E-state index contributed by atoms with van der Waals surface area (Å²) < 4.78 is 29.9. The molecule has 0 N–H and O–H groups in total. The van der Waals surface area contributed by atoms with Crippen molar-refractivity contribution in [1.29, 1.82) is 0 Å². The van der Waals surface area contributed by atoms with E-state index in [0.29, 0.717) is 11.1 Å². The van der Waals surface area contributed by atoms with Crippen LogP contribution in [0.4, 0.5) is 0 Å². The first-order valence-corrected chi connectivity index (χ1v) is 12.5. The Hall–Kier alpha value is 0.127. The summed E-state index contributed by atoms with van der Waals surface area (Å²) in [5.74, 6) is 0.0810. The molecular weight excluding hydrogens is 300 g/mol. The predicted octanol–water partition coefficient (Wildman–Crippen LogP) is 5.48. The van der Waals surface area contributed by atoms with E-state index in [9.17, 15) is 8.42 Å². The second-order valence-corrected chi connectivity index (χ2v) is 13.8. The minimum absolute atomic E-state index is 0.0810. The summed E-state index contributed by atoms with van der Waals surface area (Å²) in [6.45, 7) is 12.4. The summed E-state index contributed by atoms with van der Waals surface area (Å²) in [6, 6.07) is 0.966. The normalized spacial score (nSPS) is 13.3. The van der Waals surface area contributed by atoms with Crippen LogP contribution in [-0.4, -0.2) is 22.5 Å². The molecule has 0 amide bonds. The standard InChI is InChI=1S/C16H36O3SSi/c1-7-9-10-11-12-13-14-21(15(3)4,16(5)6)19-20(17,18)8-2/h15-16H,7-14H2,1-6H3. The minimum atomic E-state index is -3.36. The van der Waals surface area contributed by atoms with Crippen molar-refractivity contribution in [3.05, 3.63) is 0 Å². The van der Waals surface area contributed by atoms with Crippen molar-refractivity contribution in [2.75, 3.05) is 5.75 Å². The van der Waals surface area contributed by atoms with E-state index in [1.54, 1.807) is 6.92 Å². The Morgan fingerprint density at radius 2 is 1.33 bits per heavy atom. The first-order valence-electron chi connectivity index (χ1n) is 8.65. The molecule has 21 heavy (non-hydrogen) atoms. The number of rotatable bonds is 12. The molecule has 0 radical (unpaired) electrons. The van der Waals surface area contributed by atoms with Gasteiger partial charge in [0.2, 0.25) is 8.32 Å². The summed E-state index contributed by atoms with van der Waals surface area (Å²) in [6.07, 6.45) is 7.42. The van der Waals surface area contributed by atoms with E-state index in [4.69, 9.17) is 3.87 Å². The van der Waals surface area contributed by atoms with E-state index in [1.165, 1.54) is 32.1 Å². The van der Waals surface area contributed by atoms with Crippen LogP contribution in [0.3, 0.4) is 0 Å². The second-order valence-electron chi connectivity index (χ2n) is 6.71. The first-order chi connectivity index (χ1) is 9.72. The van der Waals surface area contributed by atoms with E-state index in [2.05, 4.69) is 34.6 Å². The van der Waals surface area contributed by atoms with Crippen molar-refractivity contribution in [1.82, 2.24) is 0 Å². The molecule has 5 heteroatoms.